The quantitative estimate of drug-likeness (QED) is 0.391. The van der Waals surface area contributed by atoms with Gasteiger partial charge in [-0.1, -0.05) is 30.3 Å². The van der Waals surface area contributed by atoms with Crippen molar-refractivity contribution in [2.24, 2.45) is 5.73 Å². The van der Waals surface area contributed by atoms with E-state index in [-0.39, 0.29) is 5.69 Å². The van der Waals surface area contributed by atoms with Gasteiger partial charge in [-0.2, -0.15) is 0 Å². The Morgan fingerprint density at radius 1 is 0.931 bits per heavy atom. The van der Waals surface area contributed by atoms with Crippen LogP contribution in [0.15, 0.2) is 79.1 Å². The summed E-state index contributed by atoms with van der Waals surface area (Å²) in [4.78, 5) is 30.2. The van der Waals surface area contributed by atoms with E-state index in [1.165, 1.54) is 12.1 Å². The zero-order valence-electron chi connectivity index (χ0n) is 15.2. The van der Waals surface area contributed by atoms with Crippen LogP contribution < -0.4 is 5.73 Å². The molecule has 0 unspecified atom stereocenters. The Bertz CT molecular complexity index is 1220. The smallest absolute Gasteiger partial charge is 0.270 e. The van der Waals surface area contributed by atoms with Crippen molar-refractivity contribution < 1.29 is 9.72 Å². The summed E-state index contributed by atoms with van der Waals surface area (Å²) in [5.74, 6) is -0.544. The normalized spacial score (nSPS) is 10.6. The highest BCUT2D eigenvalue weighted by atomic mass is 16.6. The highest BCUT2D eigenvalue weighted by Crippen LogP contribution is 2.38. The highest BCUT2D eigenvalue weighted by Gasteiger charge is 2.19. The monoisotopic (exact) mass is 384 g/mol. The zero-order valence-corrected chi connectivity index (χ0v) is 15.2. The standard InChI is InChI=1S/C22H16N4O3/c23-22(27)18-7-2-1-6-17(18)19-13-20(14-8-10-24-11-9-14)25-21(19)15-4-3-5-16(12-15)26(28)29/h1-13,25H,(H2,23,27). The van der Waals surface area contributed by atoms with E-state index in [2.05, 4.69) is 9.97 Å². The largest absolute Gasteiger partial charge is 0.366 e. The van der Waals surface area contributed by atoms with Gasteiger partial charge in [0, 0.05) is 52.5 Å². The van der Waals surface area contributed by atoms with Crippen molar-refractivity contribution >= 4 is 11.6 Å². The lowest BCUT2D eigenvalue weighted by Crippen LogP contribution is -2.12. The Morgan fingerprint density at radius 2 is 1.69 bits per heavy atom. The van der Waals surface area contributed by atoms with Crippen LogP contribution in [0.4, 0.5) is 5.69 Å². The molecule has 0 atom stereocenters. The predicted octanol–water partition coefficient (Wildman–Crippen LogP) is 4.42. The third kappa shape index (κ3) is 3.49. The number of aromatic amines is 1. The van der Waals surface area contributed by atoms with Crippen LogP contribution in [0.1, 0.15) is 10.4 Å². The Kier molecular flexibility index (Phi) is 4.62. The van der Waals surface area contributed by atoms with Crippen molar-refractivity contribution in [2.45, 2.75) is 0 Å². The van der Waals surface area contributed by atoms with Crippen molar-refractivity contribution in [1.82, 2.24) is 9.97 Å². The van der Waals surface area contributed by atoms with E-state index in [0.717, 1.165) is 16.8 Å². The van der Waals surface area contributed by atoms with Gasteiger partial charge in [-0.25, -0.2) is 0 Å². The van der Waals surface area contributed by atoms with Crippen molar-refractivity contribution in [3.05, 3.63) is 94.8 Å². The van der Waals surface area contributed by atoms with Crippen LogP contribution in [0.5, 0.6) is 0 Å². The van der Waals surface area contributed by atoms with Gasteiger partial charge in [0.15, 0.2) is 0 Å². The number of hydrogen-bond acceptors (Lipinski definition) is 4. The summed E-state index contributed by atoms with van der Waals surface area (Å²) in [5, 5.41) is 11.2. The number of hydrogen-bond donors (Lipinski definition) is 2. The molecule has 0 aliphatic rings. The Morgan fingerprint density at radius 3 is 2.41 bits per heavy atom. The van der Waals surface area contributed by atoms with Gasteiger partial charge in [0.2, 0.25) is 5.91 Å². The molecule has 142 valence electrons. The lowest BCUT2D eigenvalue weighted by Gasteiger charge is -2.08. The molecule has 7 nitrogen and oxygen atoms in total. The average molecular weight is 384 g/mol. The molecule has 0 aliphatic carbocycles. The first kappa shape index (κ1) is 18.1. The van der Waals surface area contributed by atoms with Gasteiger partial charge < -0.3 is 10.7 Å². The summed E-state index contributed by atoms with van der Waals surface area (Å²) in [6, 6.07) is 19.0. The first-order valence-corrected chi connectivity index (χ1v) is 8.82. The fraction of sp³-hybridized carbons (Fsp3) is 0. The van der Waals surface area contributed by atoms with Gasteiger partial charge in [0.1, 0.15) is 0 Å². The number of benzene rings is 2. The first-order chi connectivity index (χ1) is 14.0. The molecule has 0 fully saturated rings. The highest BCUT2D eigenvalue weighted by molar-refractivity contribution is 6.02. The summed E-state index contributed by atoms with van der Waals surface area (Å²) < 4.78 is 0. The van der Waals surface area contributed by atoms with Gasteiger partial charge in [0.25, 0.3) is 5.69 Å². The molecule has 2 heterocycles. The van der Waals surface area contributed by atoms with Crippen LogP contribution in [0.25, 0.3) is 33.6 Å². The molecule has 2 aromatic heterocycles. The Hall–Kier alpha value is -4.26. The summed E-state index contributed by atoms with van der Waals surface area (Å²) in [6.45, 7) is 0. The van der Waals surface area contributed by atoms with E-state index in [4.69, 9.17) is 5.73 Å². The zero-order chi connectivity index (χ0) is 20.4. The van der Waals surface area contributed by atoms with Crippen LogP contribution in [0, 0.1) is 10.1 Å². The molecule has 4 rings (SSSR count). The maximum atomic E-state index is 12.0. The molecule has 7 heteroatoms. The number of H-pyrrole nitrogens is 1. The summed E-state index contributed by atoms with van der Waals surface area (Å²) in [5.41, 5.74) is 10.3. The number of amides is 1. The van der Waals surface area contributed by atoms with Crippen LogP contribution in [0.3, 0.4) is 0 Å². The van der Waals surface area contributed by atoms with E-state index in [1.807, 2.05) is 24.3 Å². The van der Waals surface area contributed by atoms with E-state index < -0.39 is 10.8 Å². The third-order valence-corrected chi connectivity index (χ3v) is 4.64. The minimum Gasteiger partial charge on any atom is -0.366 e. The second-order valence-electron chi connectivity index (χ2n) is 6.42. The lowest BCUT2D eigenvalue weighted by atomic mass is 9.96. The molecular formula is C22H16N4O3. The molecule has 0 saturated carbocycles. The Labute approximate surface area is 166 Å². The number of non-ortho nitro benzene ring substituents is 1. The van der Waals surface area contributed by atoms with E-state index in [1.54, 1.807) is 42.7 Å². The maximum absolute atomic E-state index is 12.0. The molecule has 0 bridgehead atoms. The van der Waals surface area contributed by atoms with Crippen molar-refractivity contribution in [3.8, 4) is 33.6 Å². The molecule has 0 saturated heterocycles. The third-order valence-electron chi connectivity index (χ3n) is 4.64. The first-order valence-electron chi connectivity index (χ1n) is 8.82. The van der Waals surface area contributed by atoms with Crippen LogP contribution in [0.2, 0.25) is 0 Å². The fourth-order valence-electron chi connectivity index (χ4n) is 3.29. The molecule has 2 aromatic carbocycles. The van der Waals surface area contributed by atoms with Crippen LogP contribution >= 0.6 is 0 Å². The lowest BCUT2D eigenvalue weighted by molar-refractivity contribution is -0.384. The molecule has 0 spiro atoms. The number of primary amides is 1. The average Bonchev–Trinajstić information content (AvgIpc) is 3.20. The molecule has 1 amide bonds. The number of nitrogens with two attached hydrogens (primary N) is 1. The number of carbonyl (C=O) groups excluding carboxylic acids is 1. The van der Waals surface area contributed by atoms with Gasteiger partial charge >= 0.3 is 0 Å². The predicted molar refractivity (Wildman–Crippen MR) is 110 cm³/mol. The maximum Gasteiger partial charge on any atom is 0.270 e. The SMILES string of the molecule is NC(=O)c1ccccc1-c1cc(-c2ccncc2)[nH]c1-c1cccc([N+](=O)[O-])c1. The molecular weight excluding hydrogens is 368 g/mol. The molecule has 3 N–H and O–H groups in total. The van der Waals surface area contributed by atoms with Gasteiger partial charge in [-0.3, -0.25) is 19.9 Å². The van der Waals surface area contributed by atoms with Crippen LogP contribution in [-0.2, 0) is 0 Å². The van der Waals surface area contributed by atoms with Gasteiger partial charge in [-0.05, 0) is 29.8 Å². The van der Waals surface area contributed by atoms with Crippen molar-refractivity contribution in [2.75, 3.05) is 0 Å². The molecule has 4 aromatic rings. The minimum absolute atomic E-state index is 0.0169. The minimum atomic E-state index is -0.544. The second kappa shape index (κ2) is 7.40. The number of nitrogens with zero attached hydrogens (tertiary/aromatic N) is 2. The van der Waals surface area contributed by atoms with Crippen molar-refractivity contribution in [3.63, 3.8) is 0 Å². The van der Waals surface area contributed by atoms with E-state index in [9.17, 15) is 14.9 Å². The number of nitrogens with one attached hydrogen (secondary N) is 1. The topological polar surface area (TPSA) is 115 Å². The summed E-state index contributed by atoms with van der Waals surface area (Å²) >= 11 is 0. The van der Waals surface area contributed by atoms with Crippen molar-refractivity contribution in [1.29, 1.82) is 0 Å². The van der Waals surface area contributed by atoms with E-state index in [0.29, 0.717) is 22.4 Å². The summed E-state index contributed by atoms with van der Waals surface area (Å²) in [6.07, 6.45) is 3.36. The molecule has 0 aliphatic heterocycles. The second-order valence-corrected chi connectivity index (χ2v) is 6.42. The van der Waals surface area contributed by atoms with Gasteiger partial charge in [0.05, 0.1) is 10.6 Å². The number of carbonyl (C=O) groups is 1. The number of nitro benzene ring substituents is 1. The number of nitro groups is 1. The Balaban J connectivity index is 1.97. The molecule has 0 radical (unpaired) electrons. The number of pyridine rings is 1. The fourth-order valence-corrected chi connectivity index (χ4v) is 3.29. The number of rotatable bonds is 5. The van der Waals surface area contributed by atoms with Crippen LogP contribution in [-0.4, -0.2) is 20.8 Å². The summed E-state index contributed by atoms with van der Waals surface area (Å²) in [7, 11) is 0. The van der Waals surface area contributed by atoms with E-state index >= 15 is 0 Å². The number of aromatic nitrogens is 2. The molecule has 29 heavy (non-hydrogen) atoms. The van der Waals surface area contributed by atoms with Gasteiger partial charge in [-0.15, -0.1) is 0 Å².